The minimum Gasteiger partial charge on any atom is -0.508 e. The molecule has 3 rings (SSSR count). The summed E-state index contributed by atoms with van der Waals surface area (Å²) in [6.07, 6.45) is 2.84. The van der Waals surface area contributed by atoms with Gasteiger partial charge in [0.05, 0.1) is 6.61 Å². The highest BCUT2D eigenvalue weighted by Gasteiger charge is 2.33. The number of rotatable bonds is 4. The van der Waals surface area contributed by atoms with E-state index < -0.39 is 12.1 Å². The molecule has 0 aromatic heterocycles. The number of hydrogen-bond acceptors (Lipinski definition) is 5. The Bertz CT molecular complexity index is 672. The van der Waals surface area contributed by atoms with E-state index in [0.717, 1.165) is 10.6 Å². The standard InChI is InChI=1S/C17H17NO4/c19-13-6-7-14(15(20)10-13)17-16(8-9-18(17)21)22-11-12-4-2-1-3-5-12/h1-10,16-17,19-21H,11H2. The Hall–Kier alpha value is -2.50. The molecule has 0 bridgehead atoms. The Morgan fingerprint density at radius 1 is 1.05 bits per heavy atom. The summed E-state index contributed by atoms with van der Waals surface area (Å²) in [7, 11) is 0. The monoisotopic (exact) mass is 299 g/mol. The molecule has 1 aliphatic heterocycles. The summed E-state index contributed by atoms with van der Waals surface area (Å²) in [4.78, 5) is 0. The Morgan fingerprint density at radius 2 is 1.82 bits per heavy atom. The summed E-state index contributed by atoms with van der Waals surface area (Å²) >= 11 is 0. The molecule has 0 saturated carbocycles. The zero-order valence-corrected chi connectivity index (χ0v) is 11.8. The highest BCUT2D eigenvalue weighted by atomic mass is 16.5. The van der Waals surface area contributed by atoms with Crippen molar-refractivity contribution < 1.29 is 20.2 Å². The quantitative estimate of drug-likeness (QED) is 0.809. The number of hydroxylamine groups is 2. The van der Waals surface area contributed by atoms with Gasteiger partial charge in [-0.15, -0.1) is 0 Å². The summed E-state index contributed by atoms with van der Waals surface area (Å²) in [6.45, 7) is 0.402. The lowest BCUT2D eigenvalue weighted by atomic mass is 10.0. The van der Waals surface area contributed by atoms with Gasteiger partial charge in [0.25, 0.3) is 0 Å². The van der Waals surface area contributed by atoms with Gasteiger partial charge in [-0.05, 0) is 23.8 Å². The van der Waals surface area contributed by atoms with Crippen LogP contribution < -0.4 is 0 Å². The summed E-state index contributed by atoms with van der Waals surface area (Å²) < 4.78 is 5.85. The van der Waals surface area contributed by atoms with Crippen molar-refractivity contribution in [2.45, 2.75) is 18.8 Å². The van der Waals surface area contributed by atoms with Crippen LogP contribution in [0.5, 0.6) is 11.5 Å². The fraction of sp³-hybridized carbons (Fsp3) is 0.176. The van der Waals surface area contributed by atoms with Gasteiger partial charge in [-0.1, -0.05) is 30.3 Å². The van der Waals surface area contributed by atoms with Gasteiger partial charge in [-0.25, -0.2) is 0 Å². The third kappa shape index (κ3) is 2.90. The van der Waals surface area contributed by atoms with Gasteiger partial charge in [0.15, 0.2) is 0 Å². The van der Waals surface area contributed by atoms with Crippen molar-refractivity contribution in [3.8, 4) is 11.5 Å². The molecule has 3 N–H and O–H groups in total. The maximum absolute atomic E-state index is 10.00. The highest BCUT2D eigenvalue weighted by molar-refractivity contribution is 5.42. The fourth-order valence-corrected chi connectivity index (χ4v) is 2.54. The van der Waals surface area contributed by atoms with Crippen LogP contribution in [0.15, 0.2) is 60.8 Å². The first-order valence-corrected chi connectivity index (χ1v) is 6.98. The second-order valence-electron chi connectivity index (χ2n) is 5.17. The molecule has 5 nitrogen and oxygen atoms in total. The smallest absolute Gasteiger partial charge is 0.124 e. The number of hydrogen-bond donors (Lipinski definition) is 3. The third-order valence-corrected chi connectivity index (χ3v) is 3.64. The van der Waals surface area contributed by atoms with Crippen molar-refractivity contribution in [1.82, 2.24) is 5.06 Å². The van der Waals surface area contributed by atoms with Crippen molar-refractivity contribution >= 4 is 0 Å². The van der Waals surface area contributed by atoms with Gasteiger partial charge in [0.1, 0.15) is 23.6 Å². The molecule has 2 aromatic carbocycles. The molecule has 0 amide bonds. The predicted molar refractivity (Wildman–Crippen MR) is 80.3 cm³/mol. The molecule has 0 saturated heterocycles. The molecular weight excluding hydrogens is 282 g/mol. The summed E-state index contributed by atoms with van der Waals surface area (Å²) in [5, 5.41) is 30.4. The molecule has 5 heteroatoms. The average Bonchev–Trinajstić information content (AvgIpc) is 2.87. The van der Waals surface area contributed by atoms with Gasteiger partial charge < -0.3 is 14.9 Å². The van der Waals surface area contributed by atoms with E-state index in [0.29, 0.717) is 12.2 Å². The average molecular weight is 299 g/mol. The predicted octanol–water partition coefficient (Wildman–Crippen LogP) is 2.94. The number of benzene rings is 2. The third-order valence-electron chi connectivity index (χ3n) is 3.64. The van der Waals surface area contributed by atoms with Crippen LogP contribution in [0.1, 0.15) is 17.2 Å². The molecular formula is C17H17NO4. The van der Waals surface area contributed by atoms with Gasteiger partial charge in [-0.2, -0.15) is 0 Å². The second-order valence-corrected chi connectivity index (χ2v) is 5.17. The van der Waals surface area contributed by atoms with Gasteiger partial charge in [0.2, 0.25) is 0 Å². The van der Waals surface area contributed by atoms with Crippen molar-refractivity contribution in [2.24, 2.45) is 0 Å². The van der Waals surface area contributed by atoms with Crippen molar-refractivity contribution in [2.75, 3.05) is 0 Å². The van der Waals surface area contributed by atoms with Crippen molar-refractivity contribution in [3.63, 3.8) is 0 Å². The Labute approximate surface area is 128 Å². The number of phenols is 2. The first kappa shape index (κ1) is 14.4. The van der Waals surface area contributed by atoms with Crippen LogP contribution in [0.25, 0.3) is 0 Å². The van der Waals surface area contributed by atoms with Gasteiger partial charge >= 0.3 is 0 Å². The molecule has 0 fully saturated rings. The number of nitrogens with zero attached hydrogens (tertiary/aromatic N) is 1. The van der Waals surface area contributed by atoms with E-state index in [4.69, 9.17) is 4.74 Å². The zero-order chi connectivity index (χ0) is 15.5. The fourth-order valence-electron chi connectivity index (χ4n) is 2.54. The Kier molecular flexibility index (Phi) is 4.00. The Balaban J connectivity index is 1.77. The van der Waals surface area contributed by atoms with Crippen LogP contribution in [0.4, 0.5) is 0 Å². The normalized spacial score (nSPS) is 20.5. The first-order valence-electron chi connectivity index (χ1n) is 6.98. The maximum atomic E-state index is 10.00. The lowest BCUT2D eigenvalue weighted by Gasteiger charge is -2.26. The van der Waals surface area contributed by atoms with E-state index in [-0.39, 0.29) is 11.5 Å². The number of aromatic hydroxyl groups is 2. The SMILES string of the molecule is Oc1ccc(C2C(OCc3ccccc3)C=CN2O)c(O)c1. The molecule has 22 heavy (non-hydrogen) atoms. The van der Waals surface area contributed by atoms with Crippen molar-refractivity contribution in [3.05, 3.63) is 71.9 Å². The van der Waals surface area contributed by atoms with E-state index in [9.17, 15) is 15.4 Å². The van der Waals surface area contributed by atoms with E-state index in [2.05, 4.69) is 0 Å². The summed E-state index contributed by atoms with van der Waals surface area (Å²) in [6, 6.07) is 13.5. The number of phenolic OH excluding ortho intramolecular Hbond substituents is 2. The first-order chi connectivity index (χ1) is 10.6. The van der Waals surface area contributed by atoms with Crippen LogP contribution in [0, 0.1) is 0 Å². The lowest BCUT2D eigenvalue weighted by molar-refractivity contribution is -0.107. The molecule has 0 spiro atoms. The van der Waals surface area contributed by atoms with Crippen LogP contribution in [0.3, 0.4) is 0 Å². The summed E-state index contributed by atoms with van der Waals surface area (Å²) in [5.41, 5.74) is 1.52. The molecule has 1 heterocycles. The minimum atomic E-state index is -0.552. The zero-order valence-electron chi connectivity index (χ0n) is 11.8. The van der Waals surface area contributed by atoms with Crippen LogP contribution in [0.2, 0.25) is 0 Å². The van der Waals surface area contributed by atoms with E-state index in [1.54, 1.807) is 12.1 Å². The van der Waals surface area contributed by atoms with Gasteiger partial charge in [0, 0.05) is 17.8 Å². The molecule has 2 unspecified atom stereocenters. The van der Waals surface area contributed by atoms with Crippen molar-refractivity contribution in [1.29, 1.82) is 0 Å². The Morgan fingerprint density at radius 3 is 2.55 bits per heavy atom. The molecule has 2 aromatic rings. The van der Waals surface area contributed by atoms with Gasteiger partial charge in [-0.3, -0.25) is 10.3 Å². The van der Waals surface area contributed by atoms with Crippen LogP contribution in [-0.2, 0) is 11.3 Å². The topological polar surface area (TPSA) is 73.2 Å². The number of ether oxygens (including phenoxy) is 1. The largest absolute Gasteiger partial charge is 0.508 e. The molecule has 2 atom stereocenters. The van der Waals surface area contributed by atoms with E-state index >= 15 is 0 Å². The van der Waals surface area contributed by atoms with E-state index in [1.165, 1.54) is 18.3 Å². The maximum Gasteiger partial charge on any atom is 0.124 e. The van der Waals surface area contributed by atoms with E-state index in [1.807, 2.05) is 30.3 Å². The molecule has 1 aliphatic rings. The molecule has 0 aliphatic carbocycles. The summed E-state index contributed by atoms with van der Waals surface area (Å²) in [5.74, 6) is -0.112. The highest BCUT2D eigenvalue weighted by Crippen LogP contribution is 2.37. The lowest BCUT2D eigenvalue weighted by Crippen LogP contribution is -2.26. The minimum absolute atomic E-state index is 0.0292. The van der Waals surface area contributed by atoms with Crippen LogP contribution in [-0.4, -0.2) is 26.6 Å². The molecule has 114 valence electrons. The molecule has 0 radical (unpaired) electrons. The van der Waals surface area contributed by atoms with Crippen LogP contribution >= 0.6 is 0 Å². The second kappa shape index (κ2) is 6.09.